The smallest absolute Gasteiger partial charge is 0.408 e. The lowest BCUT2D eigenvalue weighted by Crippen LogP contribution is -2.56. The number of hydrogen-bond donors (Lipinski definition) is 7. The Balaban J connectivity index is 0.000000549. The number of alkyl carbamates (subject to hydrolysis) is 1. The van der Waals surface area contributed by atoms with Gasteiger partial charge in [0.15, 0.2) is 5.96 Å². The molecule has 2 aromatic rings. The van der Waals surface area contributed by atoms with Gasteiger partial charge in [0.1, 0.15) is 30.5 Å². The van der Waals surface area contributed by atoms with Crippen molar-refractivity contribution in [2.75, 3.05) is 13.2 Å². The van der Waals surface area contributed by atoms with Crippen LogP contribution in [-0.4, -0.2) is 72.1 Å². The molecule has 0 saturated heterocycles. The lowest BCUT2D eigenvalue weighted by molar-refractivity contribution is -0.142. The van der Waals surface area contributed by atoms with Crippen LogP contribution in [0, 0.1) is 11.8 Å². The average Bonchev–Trinajstić information content (AvgIpc) is 3.08. The number of amides is 4. The predicted molar refractivity (Wildman–Crippen MR) is 197 cm³/mol. The number of carbonyl (C=O) groups excluding carboxylic acids is 4. The van der Waals surface area contributed by atoms with E-state index in [4.69, 9.17) is 26.7 Å². The van der Waals surface area contributed by atoms with Crippen LogP contribution in [0.4, 0.5) is 4.79 Å². The molecule has 2 aromatic carbocycles. The number of carbonyl (C=O) groups is 5. The molecule has 0 saturated carbocycles. The molecule has 0 bridgehead atoms. The molecule has 0 fully saturated rings. The van der Waals surface area contributed by atoms with Crippen LogP contribution in [0.3, 0.4) is 0 Å². The van der Waals surface area contributed by atoms with Crippen molar-refractivity contribution in [2.45, 2.75) is 97.4 Å². The minimum atomic E-state index is -1.21. The van der Waals surface area contributed by atoms with Crippen molar-refractivity contribution in [3.05, 3.63) is 65.2 Å². The van der Waals surface area contributed by atoms with E-state index in [0.29, 0.717) is 24.3 Å². The maximum atomic E-state index is 13.2. The zero-order chi connectivity index (χ0) is 38.8. The van der Waals surface area contributed by atoms with Gasteiger partial charge in [-0.1, -0.05) is 71.0 Å². The number of carboxylic acid groups (broad SMARTS) is 1. The van der Waals surface area contributed by atoms with E-state index in [9.17, 15) is 29.1 Å². The molecule has 52 heavy (non-hydrogen) atoms. The average molecular weight is 726 g/mol. The maximum absolute atomic E-state index is 13.2. The van der Waals surface area contributed by atoms with E-state index < -0.39 is 47.9 Å². The minimum absolute atomic E-state index is 0.0172. The second-order valence-corrected chi connectivity index (χ2v) is 13.6. The van der Waals surface area contributed by atoms with Crippen molar-refractivity contribution in [3.8, 4) is 5.75 Å². The van der Waals surface area contributed by atoms with Crippen molar-refractivity contribution in [2.24, 2.45) is 34.0 Å². The van der Waals surface area contributed by atoms with Gasteiger partial charge in [-0.25, -0.2) is 9.59 Å². The van der Waals surface area contributed by atoms with Crippen LogP contribution in [0.1, 0.15) is 94.1 Å². The van der Waals surface area contributed by atoms with Gasteiger partial charge in [0.05, 0.1) is 6.61 Å². The zero-order valence-electron chi connectivity index (χ0n) is 30.7. The van der Waals surface area contributed by atoms with Gasteiger partial charge in [0, 0.05) is 12.1 Å². The number of hydrogen-bond acceptors (Lipinski definition) is 8. The maximum Gasteiger partial charge on any atom is 0.408 e. The highest BCUT2D eigenvalue weighted by atomic mass is 16.5. The van der Waals surface area contributed by atoms with Gasteiger partial charge in [-0.05, 0) is 73.1 Å². The van der Waals surface area contributed by atoms with E-state index in [0.717, 1.165) is 24.3 Å². The summed E-state index contributed by atoms with van der Waals surface area (Å²) in [6.45, 7) is 10.7. The van der Waals surface area contributed by atoms with Crippen LogP contribution in [-0.2, 0) is 25.7 Å². The van der Waals surface area contributed by atoms with Crippen molar-refractivity contribution in [3.63, 3.8) is 0 Å². The molecule has 15 nitrogen and oxygen atoms in total. The Bertz CT molecular complexity index is 1510. The second-order valence-electron chi connectivity index (χ2n) is 13.6. The Hall–Kier alpha value is -5.34. The number of guanidine groups is 1. The third-order valence-electron chi connectivity index (χ3n) is 8.07. The number of carboxylic acids is 1. The highest BCUT2D eigenvalue weighted by Crippen LogP contribution is 2.33. The number of aliphatic carboxylic acids is 1. The van der Waals surface area contributed by atoms with Crippen LogP contribution < -0.4 is 37.9 Å². The minimum Gasteiger partial charge on any atom is -0.493 e. The third-order valence-corrected chi connectivity index (χ3v) is 8.07. The van der Waals surface area contributed by atoms with E-state index in [1.165, 1.54) is 5.56 Å². The zero-order valence-corrected chi connectivity index (χ0v) is 30.7. The van der Waals surface area contributed by atoms with Gasteiger partial charge < -0.3 is 47.7 Å². The standard InChI is InChI=1S/C26H42N6O6.C11H13NO2/c1-16(2)13-20(22(33)30-19(24(35)36)11-8-12-29-25(27)28)31-23(34)21(14-17(3)4)32-26(37)38-15-18-9-6-5-7-10-18;1-7-4-5-14-10-6-8(11(12)13)2-3-9(7)10/h5-7,9-10,16-17,19-21H,8,11-15H2,1-4H3,(H,30,33)(H,31,34)(H,32,37)(H,35,36)(H4,27,28,29);2-3,6-7H,4-5H2,1H3,(H2,12,13)/t19-,20-,21-;/m0./s1. The molecule has 4 atom stereocenters. The van der Waals surface area contributed by atoms with Crippen molar-refractivity contribution < 1.29 is 38.6 Å². The number of nitrogens with one attached hydrogen (secondary N) is 3. The molecule has 0 aliphatic carbocycles. The van der Waals surface area contributed by atoms with Crippen molar-refractivity contribution in [1.29, 1.82) is 0 Å². The number of aliphatic imine (C=N–C) groups is 1. The van der Waals surface area contributed by atoms with Gasteiger partial charge in [-0.15, -0.1) is 0 Å². The number of rotatable bonds is 17. The molecule has 0 radical (unpaired) electrons. The third kappa shape index (κ3) is 15.7. The van der Waals surface area contributed by atoms with Crippen LogP contribution >= 0.6 is 0 Å². The lowest BCUT2D eigenvalue weighted by atomic mass is 9.94. The van der Waals surface area contributed by atoms with E-state index in [2.05, 4.69) is 27.9 Å². The molecule has 1 heterocycles. The summed E-state index contributed by atoms with van der Waals surface area (Å²) in [6.07, 6.45) is 1.29. The fourth-order valence-corrected chi connectivity index (χ4v) is 5.34. The Morgan fingerprint density at radius 3 is 2.04 bits per heavy atom. The molecule has 0 spiro atoms. The summed E-state index contributed by atoms with van der Waals surface area (Å²) in [5.41, 5.74) is 18.2. The van der Waals surface area contributed by atoms with Crippen molar-refractivity contribution in [1.82, 2.24) is 16.0 Å². The number of ether oxygens (including phenoxy) is 2. The fraction of sp³-hybridized carbons (Fsp3) is 0.514. The monoisotopic (exact) mass is 725 g/mol. The second kappa shape index (κ2) is 21.8. The molecule has 3 rings (SSSR count). The van der Waals surface area contributed by atoms with E-state index in [-0.39, 0.29) is 43.8 Å². The molecule has 15 heteroatoms. The van der Waals surface area contributed by atoms with Gasteiger partial charge in [-0.2, -0.15) is 0 Å². The molecule has 10 N–H and O–H groups in total. The summed E-state index contributed by atoms with van der Waals surface area (Å²) in [6, 6.07) is 11.4. The lowest BCUT2D eigenvalue weighted by Gasteiger charge is -2.26. The number of nitrogens with zero attached hydrogens (tertiary/aromatic N) is 1. The SMILES string of the molecule is CC(C)C[C@H](NC(=O)OCc1ccccc1)C(=O)N[C@@H](CC(C)C)C(=O)N[C@@H](CCCN=C(N)N)C(=O)O.CC1CCOc2cc(C(N)=O)ccc21. The van der Waals surface area contributed by atoms with Crippen LogP contribution in [0.15, 0.2) is 53.5 Å². The fourth-order valence-electron chi connectivity index (χ4n) is 5.34. The summed E-state index contributed by atoms with van der Waals surface area (Å²) in [7, 11) is 0. The number of fused-ring (bicyclic) bond motifs is 1. The first-order valence-corrected chi connectivity index (χ1v) is 17.5. The van der Waals surface area contributed by atoms with E-state index in [1.807, 2.05) is 64.1 Å². The topological polar surface area (TPSA) is 251 Å². The summed E-state index contributed by atoms with van der Waals surface area (Å²) in [5, 5.41) is 17.3. The van der Waals surface area contributed by atoms with Gasteiger partial charge in [-0.3, -0.25) is 19.4 Å². The molecular weight excluding hydrogens is 670 g/mol. The van der Waals surface area contributed by atoms with Crippen LogP contribution in [0.5, 0.6) is 5.75 Å². The first-order chi connectivity index (χ1) is 24.6. The highest BCUT2D eigenvalue weighted by Gasteiger charge is 2.30. The highest BCUT2D eigenvalue weighted by molar-refractivity contribution is 5.94. The quantitative estimate of drug-likeness (QED) is 0.0713. The molecule has 1 unspecified atom stereocenters. The Kier molecular flexibility index (Phi) is 17.9. The first-order valence-electron chi connectivity index (χ1n) is 17.5. The van der Waals surface area contributed by atoms with Gasteiger partial charge in [0.2, 0.25) is 17.7 Å². The van der Waals surface area contributed by atoms with Gasteiger partial charge >= 0.3 is 12.1 Å². The number of primary amides is 1. The molecule has 1 aliphatic rings. The summed E-state index contributed by atoms with van der Waals surface area (Å²) in [5.74, 6) is -1.53. The molecule has 4 amide bonds. The summed E-state index contributed by atoms with van der Waals surface area (Å²) < 4.78 is 10.7. The van der Waals surface area contributed by atoms with Crippen molar-refractivity contribution >= 4 is 35.7 Å². The normalized spacial score (nSPS) is 14.9. The van der Waals surface area contributed by atoms with E-state index in [1.54, 1.807) is 12.1 Å². The molecular formula is C37H55N7O8. The first kappa shape index (κ1) is 42.8. The Labute approximate surface area is 305 Å². The molecule has 0 aromatic heterocycles. The summed E-state index contributed by atoms with van der Waals surface area (Å²) >= 11 is 0. The largest absolute Gasteiger partial charge is 0.493 e. The number of nitrogens with two attached hydrogens (primary N) is 3. The number of benzene rings is 2. The predicted octanol–water partition coefficient (Wildman–Crippen LogP) is 3.15. The van der Waals surface area contributed by atoms with E-state index >= 15 is 0 Å². The van der Waals surface area contributed by atoms with Gasteiger partial charge in [0.25, 0.3) is 0 Å². The van der Waals surface area contributed by atoms with Crippen LogP contribution in [0.25, 0.3) is 0 Å². The molecule has 286 valence electrons. The Morgan fingerprint density at radius 2 is 1.48 bits per heavy atom. The molecule has 1 aliphatic heterocycles. The summed E-state index contributed by atoms with van der Waals surface area (Å²) in [4.78, 5) is 65.0. The Morgan fingerprint density at radius 1 is 0.885 bits per heavy atom. The van der Waals surface area contributed by atoms with Crippen LogP contribution in [0.2, 0.25) is 0 Å².